The highest BCUT2D eigenvalue weighted by atomic mass is 19.4. The summed E-state index contributed by atoms with van der Waals surface area (Å²) in [5.41, 5.74) is 1.41. The highest BCUT2D eigenvalue weighted by Crippen LogP contribution is 2.25. The SMILES string of the molecule is COc1ccc(C(C)O)cc1COCCCC(F)(F)F. The molecule has 0 saturated heterocycles. The van der Waals surface area contributed by atoms with E-state index in [9.17, 15) is 18.3 Å². The Balaban J connectivity index is 2.51. The summed E-state index contributed by atoms with van der Waals surface area (Å²) in [5, 5.41) is 9.50. The lowest BCUT2D eigenvalue weighted by atomic mass is 10.1. The summed E-state index contributed by atoms with van der Waals surface area (Å²) in [4.78, 5) is 0. The van der Waals surface area contributed by atoms with Gasteiger partial charge in [-0.05, 0) is 31.0 Å². The van der Waals surface area contributed by atoms with E-state index in [0.717, 1.165) is 0 Å². The van der Waals surface area contributed by atoms with Crippen LogP contribution in [0.5, 0.6) is 5.75 Å². The van der Waals surface area contributed by atoms with Crippen molar-refractivity contribution in [2.75, 3.05) is 13.7 Å². The maximum atomic E-state index is 12.0. The molecule has 1 aromatic carbocycles. The van der Waals surface area contributed by atoms with E-state index < -0.39 is 18.7 Å². The molecule has 1 rings (SSSR count). The number of hydrogen-bond acceptors (Lipinski definition) is 3. The van der Waals surface area contributed by atoms with Crippen LogP contribution < -0.4 is 4.74 Å². The summed E-state index contributed by atoms with van der Waals surface area (Å²) in [6.45, 7) is 1.82. The molecular formula is C14H19F3O3. The Morgan fingerprint density at radius 1 is 1.30 bits per heavy atom. The molecule has 1 atom stereocenters. The first-order valence-electron chi connectivity index (χ1n) is 6.33. The fourth-order valence-electron chi connectivity index (χ4n) is 1.73. The second-order valence-electron chi connectivity index (χ2n) is 4.52. The van der Waals surface area contributed by atoms with E-state index in [1.54, 1.807) is 25.1 Å². The Morgan fingerprint density at radius 2 is 2.00 bits per heavy atom. The van der Waals surface area contributed by atoms with E-state index in [2.05, 4.69) is 0 Å². The van der Waals surface area contributed by atoms with Crippen molar-refractivity contribution in [3.63, 3.8) is 0 Å². The number of aliphatic hydroxyl groups excluding tert-OH is 1. The van der Waals surface area contributed by atoms with Crippen molar-refractivity contribution in [3.05, 3.63) is 29.3 Å². The van der Waals surface area contributed by atoms with Crippen LogP contribution in [0.25, 0.3) is 0 Å². The van der Waals surface area contributed by atoms with Gasteiger partial charge in [0.1, 0.15) is 5.75 Å². The Kier molecular flexibility index (Phi) is 6.29. The van der Waals surface area contributed by atoms with Gasteiger partial charge in [0.15, 0.2) is 0 Å². The highest BCUT2D eigenvalue weighted by Gasteiger charge is 2.25. The second kappa shape index (κ2) is 7.50. The van der Waals surface area contributed by atoms with Crippen molar-refractivity contribution in [2.24, 2.45) is 0 Å². The van der Waals surface area contributed by atoms with Gasteiger partial charge in [0.05, 0.1) is 19.8 Å². The van der Waals surface area contributed by atoms with Crippen LogP contribution in [-0.4, -0.2) is 25.0 Å². The Morgan fingerprint density at radius 3 is 2.55 bits per heavy atom. The van der Waals surface area contributed by atoms with Crippen LogP contribution >= 0.6 is 0 Å². The number of methoxy groups -OCH3 is 1. The van der Waals surface area contributed by atoms with Gasteiger partial charge in [-0.25, -0.2) is 0 Å². The summed E-state index contributed by atoms with van der Waals surface area (Å²) in [6.07, 6.45) is -5.68. The number of hydrogen-bond donors (Lipinski definition) is 1. The molecule has 0 heterocycles. The zero-order valence-corrected chi connectivity index (χ0v) is 11.5. The quantitative estimate of drug-likeness (QED) is 0.780. The predicted molar refractivity (Wildman–Crippen MR) is 68.6 cm³/mol. The van der Waals surface area contributed by atoms with Crippen LogP contribution in [0.4, 0.5) is 13.2 Å². The lowest BCUT2D eigenvalue weighted by Gasteiger charge is -2.13. The molecule has 1 aromatic rings. The molecular weight excluding hydrogens is 273 g/mol. The van der Waals surface area contributed by atoms with Crippen LogP contribution in [0.2, 0.25) is 0 Å². The normalized spacial score (nSPS) is 13.3. The minimum absolute atomic E-state index is 0.0293. The molecule has 0 aliphatic rings. The molecule has 20 heavy (non-hydrogen) atoms. The monoisotopic (exact) mass is 292 g/mol. The number of alkyl halides is 3. The van der Waals surface area contributed by atoms with Gasteiger partial charge in [-0.1, -0.05) is 6.07 Å². The van der Waals surface area contributed by atoms with E-state index >= 15 is 0 Å². The van der Waals surface area contributed by atoms with Crippen molar-refractivity contribution in [2.45, 2.75) is 38.7 Å². The van der Waals surface area contributed by atoms with Crippen LogP contribution in [0.3, 0.4) is 0 Å². The molecule has 0 saturated carbocycles. The maximum Gasteiger partial charge on any atom is 0.389 e. The molecule has 0 bridgehead atoms. The van der Waals surface area contributed by atoms with Crippen molar-refractivity contribution in [3.8, 4) is 5.75 Å². The first-order chi connectivity index (χ1) is 9.33. The number of ether oxygens (including phenoxy) is 2. The summed E-state index contributed by atoms with van der Waals surface area (Å²) in [5.74, 6) is 0.588. The minimum atomic E-state index is -4.15. The van der Waals surface area contributed by atoms with Gasteiger partial charge < -0.3 is 14.6 Å². The van der Waals surface area contributed by atoms with E-state index in [4.69, 9.17) is 9.47 Å². The van der Waals surface area contributed by atoms with E-state index in [-0.39, 0.29) is 19.6 Å². The standard InChI is InChI=1S/C14H19F3O3/c1-10(18)11-4-5-13(19-2)12(8-11)9-20-7-3-6-14(15,16)17/h4-5,8,10,18H,3,6-7,9H2,1-2H3. The number of halogens is 3. The Bertz CT molecular complexity index is 417. The predicted octanol–water partition coefficient (Wildman–Crippen LogP) is 3.61. The van der Waals surface area contributed by atoms with Crippen LogP contribution in [-0.2, 0) is 11.3 Å². The summed E-state index contributed by atoms with van der Waals surface area (Å²) < 4.78 is 46.3. The molecule has 0 radical (unpaired) electrons. The van der Waals surface area contributed by atoms with Gasteiger partial charge in [0, 0.05) is 18.6 Å². The lowest BCUT2D eigenvalue weighted by molar-refractivity contribution is -0.138. The third-order valence-electron chi connectivity index (χ3n) is 2.79. The van der Waals surface area contributed by atoms with Crippen molar-refractivity contribution in [1.82, 2.24) is 0 Å². The molecule has 1 unspecified atom stereocenters. The van der Waals surface area contributed by atoms with E-state index in [1.807, 2.05) is 0 Å². The summed E-state index contributed by atoms with van der Waals surface area (Å²) >= 11 is 0. The topological polar surface area (TPSA) is 38.7 Å². The lowest BCUT2D eigenvalue weighted by Crippen LogP contribution is -2.09. The molecule has 0 aliphatic heterocycles. The van der Waals surface area contributed by atoms with Gasteiger partial charge in [0.25, 0.3) is 0 Å². The first kappa shape index (κ1) is 16.8. The molecule has 0 fully saturated rings. The smallest absolute Gasteiger partial charge is 0.389 e. The fraction of sp³-hybridized carbons (Fsp3) is 0.571. The zero-order valence-electron chi connectivity index (χ0n) is 11.5. The number of benzene rings is 1. The average Bonchev–Trinajstić information content (AvgIpc) is 2.36. The van der Waals surface area contributed by atoms with Crippen LogP contribution in [0.1, 0.15) is 37.0 Å². The van der Waals surface area contributed by atoms with Crippen molar-refractivity contribution < 1.29 is 27.8 Å². The van der Waals surface area contributed by atoms with Gasteiger partial charge >= 0.3 is 6.18 Å². The van der Waals surface area contributed by atoms with Gasteiger partial charge in [-0.2, -0.15) is 13.2 Å². The minimum Gasteiger partial charge on any atom is -0.496 e. The molecule has 6 heteroatoms. The maximum absolute atomic E-state index is 12.0. The molecule has 0 aromatic heterocycles. The van der Waals surface area contributed by atoms with Gasteiger partial charge in [0.2, 0.25) is 0 Å². The Hall–Kier alpha value is -1.27. The molecule has 0 amide bonds. The number of rotatable bonds is 7. The van der Waals surface area contributed by atoms with E-state index in [1.165, 1.54) is 7.11 Å². The largest absolute Gasteiger partial charge is 0.496 e. The zero-order chi connectivity index (χ0) is 15.2. The molecule has 0 aliphatic carbocycles. The fourth-order valence-corrected chi connectivity index (χ4v) is 1.73. The Labute approximate surface area is 116 Å². The summed E-state index contributed by atoms with van der Waals surface area (Å²) in [6, 6.07) is 5.17. The van der Waals surface area contributed by atoms with Crippen LogP contribution in [0.15, 0.2) is 18.2 Å². The molecule has 0 spiro atoms. The summed E-state index contributed by atoms with van der Waals surface area (Å²) in [7, 11) is 1.50. The van der Waals surface area contributed by atoms with Gasteiger partial charge in [-0.3, -0.25) is 0 Å². The average molecular weight is 292 g/mol. The van der Waals surface area contributed by atoms with Gasteiger partial charge in [-0.15, -0.1) is 0 Å². The first-order valence-corrected chi connectivity index (χ1v) is 6.33. The highest BCUT2D eigenvalue weighted by molar-refractivity contribution is 5.37. The van der Waals surface area contributed by atoms with Crippen molar-refractivity contribution in [1.29, 1.82) is 0 Å². The molecule has 1 N–H and O–H groups in total. The van der Waals surface area contributed by atoms with Crippen LogP contribution in [0, 0.1) is 0 Å². The van der Waals surface area contributed by atoms with E-state index in [0.29, 0.717) is 16.9 Å². The third-order valence-corrected chi connectivity index (χ3v) is 2.79. The number of aliphatic hydroxyl groups is 1. The molecule has 114 valence electrons. The second-order valence-corrected chi connectivity index (χ2v) is 4.52. The molecule has 3 nitrogen and oxygen atoms in total. The van der Waals surface area contributed by atoms with Crippen molar-refractivity contribution >= 4 is 0 Å². The third kappa shape index (κ3) is 5.79.